The van der Waals surface area contributed by atoms with Crippen LogP contribution in [0, 0.1) is 6.92 Å². The maximum Gasteiger partial charge on any atom is 0.271 e. The zero-order chi connectivity index (χ0) is 17.6. The van der Waals surface area contributed by atoms with Gasteiger partial charge in [-0.05, 0) is 44.5 Å². The molecule has 0 unspecified atom stereocenters. The van der Waals surface area contributed by atoms with E-state index in [1.54, 1.807) is 6.20 Å². The zero-order valence-electron chi connectivity index (χ0n) is 14.7. The number of likely N-dealkylation sites (tertiary alicyclic amines) is 1. The normalized spacial score (nSPS) is 15.8. The minimum absolute atomic E-state index is 0.223. The van der Waals surface area contributed by atoms with Crippen molar-refractivity contribution >= 4 is 5.91 Å². The van der Waals surface area contributed by atoms with Gasteiger partial charge in [-0.1, -0.05) is 12.1 Å². The lowest BCUT2D eigenvalue weighted by atomic mass is 10.1. The molecular formula is C19H24N4O2. The second-order valence-electron chi connectivity index (χ2n) is 6.49. The van der Waals surface area contributed by atoms with Crippen molar-refractivity contribution in [1.82, 2.24) is 20.2 Å². The fourth-order valence-corrected chi connectivity index (χ4v) is 2.76. The summed E-state index contributed by atoms with van der Waals surface area (Å²) in [5.74, 6) is 0.660. The quantitative estimate of drug-likeness (QED) is 0.904. The summed E-state index contributed by atoms with van der Waals surface area (Å²) in [7, 11) is 2.14. The third kappa shape index (κ3) is 5.00. The van der Waals surface area contributed by atoms with Crippen LogP contribution in [0.1, 0.15) is 34.6 Å². The Kier molecular flexibility index (Phi) is 5.60. The molecule has 6 nitrogen and oxygen atoms in total. The molecule has 0 spiro atoms. The molecule has 132 valence electrons. The van der Waals surface area contributed by atoms with Gasteiger partial charge in [0.1, 0.15) is 17.5 Å². The molecule has 1 N–H and O–H groups in total. The highest BCUT2D eigenvalue weighted by molar-refractivity contribution is 5.91. The molecule has 0 atom stereocenters. The summed E-state index contributed by atoms with van der Waals surface area (Å²) in [6.07, 6.45) is 5.49. The van der Waals surface area contributed by atoms with Crippen LogP contribution in [0.2, 0.25) is 0 Å². The molecule has 1 saturated heterocycles. The van der Waals surface area contributed by atoms with Crippen LogP contribution >= 0.6 is 0 Å². The molecule has 1 amide bonds. The van der Waals surface area contributed by atoms with Gasteiger partial charge in [0, 0.05) is 25.8 Å². The third-order valence-electron chi connectivity index (χ3n) is 4.36. The van der Waals surface area contributed by atoms with Crippen LogP contribution in [0.3, 0.4) is 0 Å². The summed E-state index contributed by atoms with van der Waals surface area (Å²) in [5, 5.41) is 2.85. The number of benzene rings is 1. The standard InChI is InChI=1S/C19H24N4O2/c1-14-11-21-18(13-20-14)19(24)22-12-15-3-5-16(6-4-15)25-17-7-9-23(2)10-8-17/h3-6,11,13,17H,7-10,12H2,1-2H3,(H,22,24). The first-order valence-electron chi connectivity index (χ1n) is 8.61. The second-order valence-corrected chi connectivity index (χ2v) is 6.49. The lowest BCUT2D eigenvalue weighted by molar-refractivity contribution is 0.0945. The molecule has 3 rings (SSSR count). The van der Waals surface area contributed by atoms with Crippen molar-refractivity contribution in [2.24, 2.45) is 0 Å². The minimum atomic E-state index is -0.223. The van der Waals surface area contributed by atoms with Crippen LogP contribution in [-0.2, 0) is 6.54 Å². The number of amides is 1. The number of hydrogen-bond donors (Lipinski definition) is 1. The first kappa shape index (κ1) is 17.4. The fourth-order valence-electron chi connectivity index (χ4n) is 2.76. The predicted octanol–water partition coefficient (Wildman–Crippen LogP) is 2.19. The van der Waals surface area contributed by atoms with E-state index in [2.05, 4.69) is 27.2 Å². The highest BCUT2D eigenvalue weighted by atomic mass is 16.5. The molecule has 2 aromatic rings. The van der Waals surface area contributed by atoms with Gasteiger partial charge in [0.15, 0.2) is 0 Å². The fraction of sp³-hybridized carbons (Fsp3) is 0.421. The SMILES string of the molecule is Cc1cnc(C(=O)NCc2ccc(OC3CCN(C)CC3)cc2)cn1. The summed E-state index contributed by atoms with van der Waals surface area (Å²) in [4.78, 5) is 22.5. The van der Waals surface area contributed by atoms with Crippen LogP contribution < -0.4 is 10.1 Å². The number of aromatic nitrogens is 2. The van der Waals surface area contributed by atoms with Crippen molar-refractivity contribution in [3.8, 4) is 5.75 Å². The number of piperidine rings is 1. The van der Waals surface area contributed by atoms with Gasteiger partial charge in [-0.25, -0.2) is 4.98 Å². The number of carbonyl (C=O) groups is 1. The average Bonchev–Trinajstić information content (AvgIpc) is 2.63. The maximum absolute atomic E-state index is 12.0. The summed E-state index contributed by atoms with van der Waals surface area (Å²) in [6, 6.07) is 7.88. The maximum atomic E-state index is 12.0. The van der Waals surface area contributed by atoms with Crippen LogP contribution in [0.15, 0.2) is 36.7 Å². The average molecular weight is 340 g/mol. The van der Waals surface area contributed by atoms with Crippen LogP contribution in [0.25, 0.3) is 0 Å². The lowest BCUT2D eigenvalue weighted by Gasteiger charge is -2.29. The largest absolute Gasteiger partial charge is 0.490 e. The molecule has 1 aromatic carbocycles. The van der Waals surface area contributed by atoms with E-state index in [4.69, 9.17) is 4.74 Å². The Bertz CT molecular complexity index is 692. The van der Waals surface area contributed by atoms with Gasteiger partial charge >= 0.3 is 0 Å². The van der Waals surface area contributed by atoms with Gasteiger partial charge in [-0.15, -0.1) is 0 Å². The van der Waals surface area contributed by atoms with Gasteiger partial charge in [-0.2, -0.15) is 0 Å². The molecule has 1 aliphatic heterocycles. The van der Waals surface area contributed by atoms with E-state index in [9.17, 15) is 4.79 Å². The molecule has 1 aromatic heterocycles. The van der Waals surface area contributed by atoms with Gasteiger partial charge < -0.3 is 15.0 Å². The van der Waals surface area contributed by atoms with E-state index in [0.717, 1.165) is 42.9 Å². The molecular weight excluding hydrogens is 316 g/mol. The van der Waals surface area contributed by atoms with E-state index in [1.165, 1.54) is 6.20 Å². The smallest absolute Gasteiger partial charge is 0.271 e. The Hall–Kier alpha value is -2.47. The molecule has 2 heterocycles. The minimum Gasteiger partial charge on any atom is -0.490 e. The van der Waals surface area contributed by atoms with Crippen LogP contribution in [0.4, 0.5) is 0 Å². The van der Waals surface area contributed by atoms with Crippen molar-refractivity contribution in [3.63, 3.8) is 0 Å². The Morgan fingerprint density at radius 1 is 1.20 bits per heavy atom. The first-order valence-corrected chi connectivity index (χ1v) is 8.61. The van der Waals surface area contributed by atoms with Gasteiger partial charge in [-0.3, -0.25) is 9.78 Å². The summed E-state index contributed by atoms with van der Waals surface area (Å²) >= 11 is 0. The van der Waals surface area contributed by atoms with Gasteiger partial charge in [0.2, 0.25) is 0 Å². The Morgan fingerprint density at radius 2 is 1.92 bits per heavy atom. The molecule has 6 heteroatoms. The monoisotopic (exact) mass is 340 g/mol. The molecule has 1 fully saturated rings. The van der Waals surface area contributed by atoms with Gasteiger partial charge in [0.25, 0.3) is 5.91 Å². The third-order valence-corrected chi connectivity index (χ3v) is 4.36. The summed E-state index contributed by atoms with van der Waals surface area (Å²) < 4.78 is 6.03. The van der Waals surface area contributed by atoms with Gasteiger partial charge in [0.05, 0.1) is 11.9 Å². The van der Waals surface area contributed by atoms with E-state index in [0.29, 0.717) is 18.3 Å². The number of aryl methyl sites for hydroxylation is 1. The number of nitrogens with zero attached hydrogens (tertiary/aromatic N) is 3. The number of ether oxygens (including phenoxy) is 1. The van der Waals surface area contributed by atoms with E-state index < -0.39 is 0 Å². The van der Waals surface area contributed by atoms with Crippen molar-refractivity contribution in [3.05, 3.63) is 53.6 Å². The summed E-state index contributed by atoms with van der Waals surface area (Å²) in [5.41, 5.74) is 2.13. The van der Waals surface area contributed by atoms with E-state index in [1.807, 2.05) is 31.2 Å². The number of rotatable bonds is 5. The number of hydrogen-bond acceptors (Lipinski definition) is 5. The Balaban J connectivity index is 1.49. The highest BCUT2D eigenvalue weighted by Gasteiger charge is 2.17. The van der Waals surface area contributed by atoms with E-state index in [-0.39, 0.29) is 5.91 Å². The molecule has 0 aliphatic carbocycles. The van der Waals surface area contributed by atoms with Crippen molar-refractivity contribution in [2.45, 2.75) is 32.4 Å². The number of carbonyl (C=O) groups excluding carboxylic acids is 1. The molecule has 1 aliphatic rings. The van der Waals surface area contributed by atoms with Crippen LogP contribution in [-0.4, -0.2) is 47.0 Å². The van der Waals surface area contributed by atoms with Crippen LogP contribution in [0.5, 0.6) is 5.75 Å². The number of nitrogens with one attached hydrogen (secondary N) is 1. The van der Waals surface area contributed by atoms with Crippen molar-refractivity contribution in [2.75, 3.05) is 20.1 Å². The topological polar surface area (TPSA) is 67.3 Å². The first-order chi connectivity index (χ1) is 12.1. The Morgan fingerprint density at radius 3 is 2.56 bits per heavy atom. The zero-order valence-corrected chi connectivity index (χ0v) is 14.7. The Labute approximate surface area is 148 Å². The molecule has 0 radical (unpaired) electrons. The lowest BCUT2D eigenvalue weighted by Crippen LogP contribution is -2.35. The molecule has 0 bridgehead atoms. The predicted molar refractivity (Wildman–Crippen MR) is 95.5 cm³/mol. The highest BCUT2D eigenvalue weighted by Crippen LogP contribution is 2.19. The molecule has 25 heavy (non-hydrogen) atoms. The molecule has 0 saturated carbocycles. The van der Waals surface area contributed by atoms with E-state index >= 15 is 0 Å². The summed E-state index contributed by atoms with van der Waals surface area (Å²) in [6.45, 7) is 4.44. The van der Waals surface area contributed by atoms with Crippen molar-refractivity contribution in [1.29, 1.82) is 0 Å². The van der Waals surface area contributed by atoms with Crippen molar-refractivity contribution < 1.29 is 9.53 Å². The second kappa shape index (κ2) is 8.07.